The fraction of sp³-hybridized carbons (Fsp3) is 0.333. The highest BCUT2D eigenvalue weighted by molar-refractivity contribution is 7.10. The van der Waals surface area contributed by atoms with Gasteiger partial charge in [-0.2, -0.15) is 5.10 Å². The molecular weight excluding hydrogens is 356 g/mol. The number of carbonyl (C=O) groups is 1. The van der Waals surface area contributed by atoms with Crippen molar-refractivity contribution in [2.24, 2.45) is 7.05 Å². The number of quaternary nitrogens is 1. The van der Waals surface area contributed by atoms with Crippen molar-refractivity contribution in [2.75, 3.05) is 5.32 Å². The zero-order valence-corrected chi connectivity index (χ0v) is 17.3. The van der Waals surface area contributed by atoms with Gasteiger partial charge in [-0.3, -0.25) is 9.48 Å². The van der Waals surface area contributed by atoms with Crippen LogP contribution in [0.2, 0.25) is 0 Å². The molecular formula is C21H27N4OS+. The molecule has 3 rings (SSSR count). The number of hydrogen-bond acceptors (Lipinski definition) is 3. The Bertz CT molecular complexity index is 913. The van der Waals surface area contributed by atoms with Gasteiger partial charge < -0.3 is 10.6 Å². The summed E-state index contributed by atoms with van der Waals surface area (Å²) in [5, 5.41) is 11.6. The molecule has 3 N–H and O–H groups in total. The van der Waals surface area contributed by atoms with Crippen LogP contribution in [0.5, 0.6) is 0 Å². The van der Waals surface area contributed by atoms with Gasteiger partial charge in [-0.1, -0.05) is 35.9 Å². The summed E-state index contributed by atoms with van der Waals surface area (Å²) >= 11 is 1.72. The number of anilines is 1. The minimum absolute atomic E-state index is 0.0112. The smallest absolute Gasteiger partial charge is 0.282 e. The molecule has 0 bridgehead atoms. The lowest BCUT2D eigenvalue weighted by Crippen LogP contribution is -2.92. The number of aromatic nitrogens is 2. The van der Waals surface area contributed by atoms with Crippen molar-refractivity contribution in [1.82, 2.24) is 9.78 Å². The molecule has 0 saturated heterocycles. The number of rotatable bonds is 6. The number of amides is 1. The van der Waals surface area contributed by atoms with Gasteiger partial charge >= 0.3 is 0 Å². The first kappa shape index (κ1) is 19.3. The summed E-state index contributed by atoms with van der Waals surface area (Å²) in [4.78, 5) is 14.1. The van der Waals surface area contributed by atoms with Crippen LogP contribution in [0.4, 0.5) is 5.69 Å². The number of carbonyl (C=O) groups excluding carboxylic acids is 1. The molecule has 2 heterocycles. The van der Waals surface area contributed by atoms with Crippen molar-refractivity contribution in [1.29, 1.82) is 0 Å². The summed E-state index contributed by atoms with van der Waals surface area (Å²) in [5.41, 5.74) is 5.05. The lowest BCUT2D eigenvalue weighted by atomic mass is 10.0. The van der Waals surface area contributed by atoms with Crippen LogP contribution in [0.15, 0.2) is 41.8 Å². The van der Waals surface area contributed by atoms with Crippen molar-refractivity contribution in [2.45, 2.75) is 39.8 Å². The van der Waals surface area contributed by atoms with Crippen LogP contribution in [-0.2, 0) is 11.8 Å². The summed E-state index contributed by atoms with van der Waals surface area (Å²) in [6, 6.07) is 12.6. The molecule has 27 heavy (non-hydrogen) atoms. The van der Waals surface area contributed by atoms with Crippen LogP contribution in [0.25, 0.3) is 0 Å². The number of nitrogens with one attached hydrogen (secondary N) is 1. The second-order valence-corrected chi connectivity index (χ2v) is 8.02. The molecule has 3 aromatic rings. The zero-order valence-electron chi connectivity index (χ0n) is 16.5. The summed E-state index contributed by atoms with van der Waals surface area (Å²) in [5.74, 6) is -0.0112. The predicted molar refractivity (Wildman–Crippen MR) is 110 cm³/mol. The monoisotopic (exact) mass is 383 g/mol. The topological polar surface area (TPSA) is 63.5 Å². The summed E-state index contributed by atoms with van der Waals surface area (Å²) in [6.07, 6.45) is 0. The van der Waals surface area contributed by atoms with Gasteiger partial charge in [0.25, 0.3) is 5.91 Å². The van der Waals surface area contributed by atoms with Gasteiger partial charge in [0.15, 0.2) is 6.04 Å². The van der Waals surface area contributed by atoms with Gasteiger partial charge in [-0.05, 0) is 39.1 Å². The summed E-state index contributed by atoms with van der Waals surface area (Å²) in [7, 11) is 1.89. The molecule has 0 radical (unpaired) electrons. The number of aryl methyl sites for hydroxylation is 3. The summed E-state index contributed by atoms with van der Waals surface area (Å²) in [6.45, 7) is 7.91. The Labute approximate surface area is 164 Å². The molecule has 0 aliphatic carbocycles. The first-order valence-electron chi connectivity index (χ1n) is 9.13. The molecule has 0 aliphatic rings. The quantitative estimate of drug-likeness (QED) is 0.687. The van der Waals surface area contributed by atoms with E-state index < -0.39 is 0 Å². The highest BCUT2D eigenvalue weighted by atomic mass is 32.1. The predicted octanol–water partition coefficient (Wildman–Crippen LogP) is 3.09. The minimum Gasteiger partial charge on any atom is -0.326 e. The minimum atomic E-state index is -0.239. The third kappa shape index (κ3) is 4.28. The maximum Gasteiger partial charge on any atom is 0.282 e. The van der Waals surface area contributed by atoms with E-state index >= 15 is 0 Å². The Morgan fingerprint density at radius 2 is 1.89 bits per heavy atom. The van der Waals surface area contributed by atoms with E-state index in [2.05, 4.69) is 64.4 Å². The van der Waals surface area contributed by atoms with Gasteiger partial charge in [-0.25, -0.2) is 0 Å². The molecule has 5 nitrogen and oxygen atoms in total. The summed E-state index contributed by atoms with van der Waals surface area (Å²) < 4.78 is 1.79. The van der Waals surface area contributed by atoms with Gasteiger partial charge in [0.05, 0.1) is 22.0 Å². The van der Waals surface area contributed by atoms with Crippen molar-refractivity contribution in [3.05, 3.63) is 69.2 Å². The van der Waals surface area contributed by atoms with Crippen molar-refractivity contribution < 1.29 is 10.1 Å². The molecule has 6 heteroatoms. The Balaban J connectivity index is 1.79. The zero-order chi connectivity index (χ0) is 19.6. The van der Waals surface area contributed by atoms with Gasteiger partial charge in [0.1, 0.15) is 6.04 Å². The van der Waals surface area contributed by atoms with Gasteiger partial charge in [0, 0.05) is 12.6 Å². The molecule has 142 valence electrons. The second-order valence-electron chi connectivity index (χ2n) is 7.04. The van der Waals surface area contributed by atoms with Crippen LogP contribution in [-0.4, -0.2) is 21.7 Å². The molecule has 0 aliphatic heterocycles. The van der Waals surface area contributed by atoms with E-state index in [0.29, 0.717) is 0 Å². The number of thiophene rings is 1. The maximum absolute atomic E-state index is 12.8. The number of nitrogens with two attached hydrogens (primary N) is 1. The number of benzene rings is 1. The molecule has 1 amide bonds. The average Bonchev–Trinajstić information content (AvgIpc) is 3.25. The third-order valence-corrected chi connectivity index (χ3v) is 5.89. The van der Waals surface area contributed by atoms with E-state index in [1.165, 1.54) is 16.0 Å². The lowest BCUT2D eigenvalue weighted by molar-refractivity contribution is -0.703. The van der Waals surface area contributed by atoms with Crippen molar-refractivity contribution >= 4 is 22.9 Å². The van der Waals surface area contributed by atoms with E-state index in [4.69, 9.17) is 0 Å². The molecule has 2 atom stereocenters. The van der Waals surface area contributed by atoms with Crippen LogP contribution in [0, 0.1) is 20.8 Å². The molecule has 0 saturated carbocycles. The highest BCUT2D eigenvalue weighted by Gasteiger charge is 2.26. The lowest BCUT2D eigenvalue weighted by Gasteiger charge is -2.19. The highest BCUT2D eigenvalue weighted by Crippen LogP contribution is 2.23. The first-order chi connectivity index (χ1) is 12.9. The fourth-order valence-electron chi connectivity index (χ4n) is 3.18. The van der Waals surface area contributed by atoms with Crippen molar-refractivity contribution in [3.8, 4) is 0 Å². The first-order valence-corrected chi connectivity index (χ1v) is 10.0. The Kier molecular flexibility index (Phi) is 5.77. The fourth-order valence-corrected chi connectivity index (χ4v) is 4.01. The van der Waals surface area contributed by atoms with Crippen LogP contribution in [0.1, 0.15) is 40.4 Å². The van der Waals surface area contributed by atoms with E-state index in [1.807, 2.05) is 27.8 Å². The van der Waals surface area contributed by atoms with Crippen LogP contribution < -0.4 is 10.6 Å². The third-order valence-electron chi connectivity index (χ3n) is 4.94. The standard InChI is InChI=1S/C21H26N4OS/c1-13-8-10-17(11-9-13)20(18-7-6-12-27-18)22-15(3)21(26)23-19-14(2)24-25(5)16(19)4/h6-12,15,20,22H,1-5H3,(H,23,26)/p+1/t15-,20+/m1/s1. The van der Waals surface area contributed by atoms with Crippen LogP contribution in [0.3, 0.4) is 0 Å². The van der Waals surface area contributed by atoms with E-state index in [9.17, 15) is 4.79 Å². The molecule has 0 fully saturated rings. The Hall–Kier alpha value is -2.44. The van der Waals surface area contributed by atoms with Gasteiger partial charge in [-0.15, -0.1) is 11.3 Å². The van der Waals surface area contributed by atoms with E-state index in [-0.39, 0.29) is 18.0 Å². The SMILES string of the molecule is Cc1ccc([C@H]([NH2+][C@H](C)C(=O)Nc2c(C)nn(C)c2C)c2cccs2)cc1. The number of hydrogen-bond donors (Lipinski definition) is 2. The van der Waals surface area contributed by atoms with Gasteiger partial charge in [0.2, 0.25) is 0 Å². The van der Waals surface area contributed by atoms with E-state index in [0.717, 1.165) is 17.1 Å². The Morgan fingerprint density at radius 3 is 2.44 bits per heavy atom. The molecule has 1 aromatic carbocycles. The average molecular weight is 384 g/mol. The second kappa shape index (κ2) is 8.06. The normalized spacial score (nSPS) is 13.4. The number of nitrogens with zero attached hydrogens (tertiary/aromatic N) is 2. The molecule has 0 unspecified atom stereocenters. The van der Waals surface area contributed by atoms with E-state index in [1.54, 1.807) is 16.0 Å². The molecule has 0 spiro atoms. The van der Waals surface area contributed by atoms with Crippen molar-refractivity contribution in [3.63, 3.8) is 0 Å². The Morgan fingerprint density at radius 1 is 1.19 bits per heavy atom. The van der Waals surface area contributed by atoms with Crippen LogP contribution >= 0.6 is 11.3 Å². The molecule has 2 aromatic heterocycles. The maximum atomic E-state index is 12.8. The largest absolute Gasteiger partial charge is 0.326 e.